The number of para-hydroxylation sites is 1. The number of hydrogen-bond acceptors (Lipinski definition) is 3. The summed E-state index contributed by atoms with van der Waals surface area (Å²) in [7, 11) is 0. The fourth-order valence-electron chi connectivity index (χ4n) is 3.08. The first-order valence-corrected chi connectivity index (χ1v) is 9.97. The zero-order valence-corrected chi connectivity index (χ0v) is 16.4. The maximum absolute atomic E-state index is 12.7. The highest BCUT2D eigenvalue weighted by atomic mass is 32.1. The lowest BCUT2D eigenvalue weighted by Gasteiger charge is -2.02. The lowest BCUT2D eigenvalue weighted by atomic mass is 10.0. The summed E-state index contributed by atoms with van der Waals surface area (Å²) in [6.07, 6.45) is 1.78. The van der Waals surface area contributed by atoms with Crippen molar-refractivity contribution in [1.29, 1.82) is 0 Å². The SMILES string of the molecule is C=CCn1c(=NC(=O)c2ccc(C(=O)c3ccccc3)cc2)sc2ccccc21. The summed E-state index contributed by atoms with van der Waals surface area (Å²) >= 11 is 1.47. The molecular weight excluding hydrogens is 380 g/mol. The molecule has 0 unspecified atom stereocenters. The van der Waals surface area contributed by atoms with Crippen molar-refractivity contribution in [3.63, 3.8) is 0 Å². The molecule has 0 N–H and O–H groups in total. The van der Waals surface area contributed by atoms with E-state index in [1.54, 1.807) is 42.5 Å². The van der Waals surface area contributed by atoms with E-state index in [-0.39, 0.29) is 11.7 Å². The molecule has 4 aromatic rings. The molecule has 0 atom stereocenters. The Balaban J connectivity index is 1.65. The number of thiazole rings is 1. The van der Waals surface area contributed by atoms with Gasteiger partial charge in [0.25, 0.3) is 5.91 Å². The normalized spacial score (nSPS) is 11.5. The van der Waals surface area contributed by atoms with Gasteiger partial charge in [-0.15, -0.1) is 6.58 Å². The van der Waals surface area contributed by atoms with Crippen LogP contribution in [-0.2, 0) is 6.54 Å². The standard InChI is InChI=1S/C24H18N2O2S/c1-2-16-26-20-10-6-7-11-21(20)29-24(26)25-23(28)19-14-12-18(13-15-19)22(27)17-8-4-3-5-9-17/h2-15H,1,16H2. The number of benzene rings is 3. The summed E-state index contributed by atoms with van der Waals surface area (Å²) in [5.74, 6) is -0.414. The van der Waals surface area contributed by atoms with Gasteiger partial charge < -0.3 is 4.57 Å². The molecule has 0 spiro atoms. The molecule has 0 aliphatic heterocycles. The minimum Gasteiger partial charge on any atom is -0.312 e. The van der Waals surface area contributed by atoms with Gasteiger partial charge in [-0.05, 0) is 24.3 Å². The Bertz CT molecular complexity index is 1270. The molecule has 4 rings (SSSR count). The molecule has 1 aromatic heterocycles. The third-order valence-corrected chi connectivity index (χ3v) is 5.59. The van der Waals surface area contributed by atoms with Gasteiger partial charge in [0.05, 0.1) is 10.2 Å². The van der Waals surface area contributed by atoms with E-state index in [4.69, 9.17) is 0 Å². The molecule has 0 aliphatic rings. The zero-order chi connectivity index (χ0) is 20.2. The number of amides is 1. The first-order chi connectivity index (χ1) is 14.2. The van der Waals surface area contributed by atoms with Crippen molar-refractivity contribution in [3.05, 3.63) is 113 Å². The van der Waals surface area contributed by atoms with E-state index in [1.807, 2.05) is 47.0 Å². The van der Waals surface area contributed by atoms with E-state index in [0.29, 0.717) is 28.0 Å². The van der Waals surface area contributed by atoms with Gasteiger partial charge in [-0.3, -0.25) is 9.59 Å². The molecule has 29 heavy (non-hydrogen) atoms. The Hall–Kier alpha value is -3.57. The van der Waals surface area contributed by atoms with E-state index in [9.17, 15) is 9.59 Å². The van der Waals surface area contributed by atoms with Crippen LogP contribution in [0.3, 0.4) is 0 Å². The molecular formula is C24H18N2O2S. The van der Waals surface area contributed by atoms with E-state index in [0.717, 1.165) is 10.2 Å². The van der Waals surface area contributed by atoms with Crippen LogP contribution in [0.15, 0.2) is 96.5 Å². The van der Waals surface area contributed by atoms with E-state index in [1.165, 1.54) is 11.3 Å². The van der Waals surface area contributed by atoms with Gasteiger partial charge in [0, 0.05) is 23.2 Å². The number of hydrogen-bond donors (Lipinski definition) is 0. The largest absolute Gasteiger partial charge is 0.312 e. The van der Waals surface area contributed by atoms with Crippen LogP contribution in [0, 0.1) is 0 Å². The van der Waals surface area contributed by atoms with Crippen molar-refractivity contribution >= 4 is 33.2 Å². The Morgan fingerprint density at radius 2 is 1.48 bits per heavy atom. The number of allylic oxidation sites excluding steroid dienone is 1. The van der Waals surface area contributed by atoms with Crippen molar-refractivity contribution < 1.29 is 9.59 Å². The number of nitrogens with zero attached hydrogens (tertiary/aromatic N) is 2. The number of fused-ring (bicyclic) bond motifs is 1. The van der Waals surface area contributed by atoms with Crippen molar-refractivity contribution in [3.8, 4) is 0 Å². The quantitative estimate of drug-likeness (QED) is 0.356. The average molecular weight is 398 g/mol. The van der Waals surface area contributed by atoms with E-state index < -0.39 is 0 Å². The van der Waals surface area contributed by atoms with Crippen LogP contribution in [0.1, 0.15) is 26.3 Å². The fourth-order valence-corrected chi connectivity index (χ4v) is 4.12. The summed E-state index contributed by atoms with van der Waals surface area (Å²) in [6.45, 7) is 4.37. The molecule has 0 fully saturated rings. The summed E-state index contributed by atoms with van der Waals surface area (Å²) in [5.41, 5.74) is 2.62. The lowest BCUT2D eigenvalue weighted by Crippen LogP contribution is -2.16. The Kier molecular flexibility index (Phi) is 5.31. The Labute approximate surface area is 172 Å². The molecule has 5 heteroatoms. The maximum Gasteiger partial charge on any atom is 0.279 e. The first kappa shape index (κ1) is 18.8. The minimum absolute atomic E-state index is 0.0742. The maximum atomic E-state index is 12.7. The van der Waals surface area contributed by atoms with Gasteiger partial charge in [0.1, 0.15) is 0 Å². The van der Waals surface area contributed by atoms with Gasteiger partial charge in [-0.1, -0.05) is 72.0 Å². The van der Waals surface area contributed by atoms with Crippen molar-refractivity contribution in [2.45, 2.75) is 6.54 Å². The van der Waals surface area contributed by atoms with Crippen LogP contribution in [0.5, 0.6) is 0 Å². The van der Waals surface area contributed by atoms with Crippen LogP contribution < -0.4 is 4.80 Å². The molecule has 0 saturated heterocycles. The predicted molar refractivity (Wildman–Crippen MR) is 116 cm³/mol. The van der Waals surface area contributed by atoms with E-state index in [2.05, 4.69) is 11.6 Å². The highest BCUT2D eigenvalue weighted by molar-refractivity contribution is 7.16. The molecule has 0 saturated carbocycles. The van der Waals surface area contributed by atoms with Crippen LogP contribution in [0.25, 0.3) is 10.2 Å². The van der Waals surface area contributed by atoms with Crippen LogP contribution in [0.2, 0.25) is 0 Å². The molecule has 0 aliphatic carbocycles. The zero-order valence-electron chi connectivity index (χ0n) is 15.6. The molecule has 142 valence electrons. The molecule has 1 heterocycles. The molecule has 0 radical (unpaired) electrons. The summed E-state index contributed by atoms with van der Waals surface area (Å²) in [4.78, 5) is 30.2. The summed E-state index contributed by atoms with van der Waals surface area (Å²) < 4.78 is 3.03. The molecule has 4 nitrogen and oxygen atoms in total. The third kappa shape index (κ3) is 3.86. The number of carbonyl (C=O) groups excluding carboxylic acids is 2. The summed E-state index contributed by atoms with van der Waals surface area (Å²) in [6, 6.07) is 23.6. The highest BCUT2D eigenvalue weighted by Gasteiger charge is 2.11. The van der Waals surface area contributed by atoms with Gasteiger partial charge in [-0.25, -0.2) is 0 Å². The molecule has 3 aromatic carbocycles. The second-order valence-electron chi connectivity index (χ2n) is 6.44. The number of ketones is 1. The third-order valence-electron chi connectivity index (χ3n) is 4.53. The average Bonchev–Trinajstić information content (AvgIpc) is 3.11. The molecule has 1 amide bonds. The predicted octanol–water partition coefficient (Wildman–Crippen LogP) is 4.86. The lowest BCUT2D eigenvalue weighted by molar-refractivity contribution is 0.0994. The van der Waals surface area contributed by atoms with Gasteiger partial charge in [-0.2, -0.15) is 4.99 Å². The van der Waals surface area contributed by atoms with Crippen molar-refractivity contribution in [2.24, 2.45) is 4.99 Å². The highest BCUT2D eigenvalue weighted by Crippen LogP contribution is 2.17. The number of rotatable bonds is 5. The Morgan fingerprint density at radius 3 is 2.21 bits per heavy atom. The fraction of sp³-hybridized carbons (Fsp3) is 0.0417. The van der Waals surface area contributed by atoms with Crippen LogP contribution in [0.4, 0.5) is 0 Å². The first-order valence-electron chi connectivity index (χ1n) is 9.15. The van der Waals surface area contributed by atoms with Gasteiger partial charge >= 0.3 is 0 Å². The van der Waals surface area contributed by atoms with Crippen molar-refractivity contribution in [2.75, 3.05) is 0 Å². The van der Waals surface area contributed by atoms with Crippen LogP contribution in [-0.4, -0.2) is 16.3 Å². The van der Waals surface area contributed by atoms with Crippen LogP contribution >= 0.6 is 11.3 Å². The minimum atomic E-state index is -0.340. The molecule has 0 bridgehead atoms. The van der Waals surface area contributed by atoms with E-state index >= 15 is 0 Å². The van der Waals surface area contributed by atoms with Crippen molar-refractivity contribution in [1.82, 2.24) is 4.57 Å². The Morgan fingerprint density at radius 1 is 0.862 bits per heavy atom. The second kappa shape index (κ2) is 8.20. The number of aromatic nitrogens is 1. The topological polar surface area (TPSA) is 51.4 Å². The number of carbonyl (C=O) groups is 2. The van der Waals surface area contributed by atoms with Gasteiger partial charge in [0.15, 0.2) is 10.6 Å². The summed E-state index contributed by atoms with van der Waals surface area (Å²) in [5, 5.41) is 0. The smallest absolute Gasteiger partial charge is 0.279 e. The monoisotopic (exact) mass is 398 g/mol. The van der Waals surface area contributed by atoms with Gasteiger partial charge in [0.2, 0.25) is 0 Å². The second-order valence-corrected chi connectivity index (χ2v) is 7.45.